The molecular formula is C16H16N2O2S. The van der Waals surface area contributed by atoms with Gasteiger partial charge in [-0.2, -0.15) is 0 Å². The summed E-state index contributed by atoms with van der Waals surface area (Å²) in [5.74, 6) is 1.57. The second-order valence-electron chi connectivity index (χ2n) is 4.78. The van der Waals surface area contributed by atoms with Crippen molar-refractivity contribution in [3.05, 3.63) is 48.0 Å². The molecule has 3 N–H and O–H groups in total. The molecule has 0 spiro atoms. The fourth-order valence-corrected chi connectivity index (χ4v) is 2.26. The molecule has 1 aliphatic heterocycles. The number of thiocarbonyl (C=S) groups is 1. The summed E-state index contributed by atoms with van der Waals surface area (Å²) >= 11 is 4.94. The molecule has 1 aliphatic rings. The minimum absolute atomic E-state index is 0.400. The van der Waals surface area contributed by atoms with Crippen molar-refractivity contribution in [2.24, 2.45) is 5.73 Å². The van der Waals surface area contributed by atoms with Crippen LogP contribution in [0.3, 0.4) is 0 Å². The molecule has 108 valence electrons. The highest BCUT2D eigenvalue weighted by Crippen LogP contribution is 2.33. The van der Waals surface area contributed by atoms with Crippen LogP contribution in [-0.2, 0) is 0 Å². The van der Waals surface area contributed by atoms with Gasteiger partial charge in [-0.05, 0) is 36.4 Å². The Kier molecular flexibility index (Phi) is 3.92. The maximum Gasteiger partial charge on any atom is 0.163 e. The molecule has 4 nitrogen and oxygen atoms in total. The summed E-state index contributed by atoms with van der Waals surface area (Å²) in [6.45, 7) is 1.37. The minimum Gasteiger partial charge on any atom is -0.490 e. The Morgan fingerprint density at radius 3 is 2.33 bits per heavy atom. The average molecular weight is 300 g/mol. The minimum atomic E-state index is 0.400. The third-order valence-electron chi connectivity index (χ3n) is 3.21. The first kappa shape index (κ1) is 13.7. The zero-order valence-corrected chi connectivity index (χ0v) is 12.3. The zero-order valence-electron chi connectivity index (χ0n) is 11.5. The third-order valence-corrected chi connectivity index (χ3v) is 3.44. The van der Waals surface area contributed by atoms with E-state index in [0.717, 1.165) is 34.9 Å². The van der Waals surface area contributed by atoms with E-state index in [-0.39, 0.29) is 0 Å². The van der Waals surface area contributed by atoms with E-state index in [1.54, 1.807) is 0 Å². The standard InChI is InChI=1S/C16H16N2O2S/c17-16(21)11-2-4-12(5-3-11)18-13-6-7-14-15(10-13)20-9-1-8-19-14/h2-7,10,18H,1,8-9H2,(H2,17,21). The first-order valence-electron chi connectivity index (χ1n) is 6.79. The number of nitrogens with two attached hydrogens (primary N) is 1. The number of hydrogen-bond acceptors (Lipinski definition) is 4. The summed E-state index contributed by atoms with van der Waals surface area (Å²) in [4.78, 5) is 0.400. The van der Waals surface area contributed by atoms with E-state index in [1.165, 1.54) is 0 Å². The molecule has 1 heterocycles. The van der Waals surface area contributed by atoms with Gasteiger partial charge in [0, 0.05) is 29.4 Å². The van der Waals surface area contributed by atoms with Gasteiger partial charge < -0.3 is 20.5 Å². The number of rotatable bonds is 3. The summed E-state index contributed by atoms with van der Waals surface area (Å²) in [5, 5.41) is 3.32. The van der Waals surface area contributed by atoms with Gasteiger partial charge >= 0.3 is 0 Å². The number of nitrogens with one attached hydrogen (secondary N) is 1. The van der Waals surface area contributed by atoms with Crippen LogP contribution < -0.4 is 20.5 Å². The first-order valence-corrected chi connectivity index (χ1v) is 7.20. The van der Waals surface area contributed by atoms with E-state index < -0.39 is 0 Å². The highest BCUT2D eigenvalue weighted by molar-refractivity contribution is 7.80. The number of fused-ring (bicyclic) bond motifs is 1. The first-order chi connectivity index (χ1) is 10.2. The molecule has 0 atom stereocenters. The van der Waals surface area contributed by atoms with Gasteiger partial charge in [0.25, 0.3) is 0 Å². The van der Waals surface area contributed by atoms with Crippen molar-refractivity contribution in [1.82, 2.24) is 0 Å². The van der Waals surface area contributed by atoms with Gasteiger partial charge in [-0.25, -0.2) is 0 Å². The molecule has 5 heteroatoms. The van der Waals surface area contributed by atoms with E-state index in [4.69, 9.17) is 27.4 Å². The molecule has 0 saturated carbocycles. The molecule has 3 rings (SSSR count). The van der Waals surface area contributed by atoms with Gasteiger partial charge in [0.15, 0.2) is 11.5 Å². The van der Waals surface area contributed by atoms with Crippen LogP contribution in [0.2, 0.25) is 0 Å². The van der Waals surface area contributed by atoms with Crippen LogP contribution in [-0.4, -0.2) is 18.2 Å². The molecule has 0 fully saturated rings. The Bertz CT molecular complexity index is 656. The number of anilines is 2. The van der Waals surface area contributed by atoms with Crippen LogP contribution >= 0.6 is 12.2 Å². The lowest BCUT2D eigenvalue weighted by atomic mass is 10.2. The molecule has 0 amide bonds. The lowest BCUT2D eigenvalue weighted by Crippen LogP contribution is -2.08. The highest BCUT2D eigenvalue weighted by atomic mass is 32.1. The Morgan fingerprint density at radius 1 is 0.952 bits per heavy atom. The van der Waals surface area contributed by atoms with Crippen LogP contribution in [0.15, 0.2) is 42.5 Å². The SMILES string of the molecule is NC(=S)c1ccc(Nc2ccc3c(c2)OCCCO3)cc1. The zero-order chi connectivity index (χ0) is 14.7. The van der Waals surface area contributed by atoms with Gasteiger partial charge in [0.05, 0.1) is 13.2 Å². The van der Waals surface area contributed by atoms with E-state index >= 15 is 0 Å². The third kappa shape index (κ3) is 3.25. The summed E-state index contributed by atoms with van der Waals surface area (Å²) in [6, 6.07) is 13.5. The Labute approximate surface area is 128 Å². The van der Waals surface area contributed by atoms with Gasteiger partial charge in [0.2, 0.25) is 0 Å². The Hall–Kier alpha value is -2.27. The van der Waals surface area contributed by atoms with Crippen LogP contribution in [0.1, 0.15) is 12.0 Å². The molecule has 0 saturated heterocycles. The largest absolute Gasteiger partial charge is 0.490 e. The maximum absolute atomic E-state index is 5.68. The van der Waals surface area contributed by atoms with Gasteiger partial charge in [0.1, 0.15) is 4.99 Å². The number of hydrogen-bond donors (Lipinski definition) is 2. The number of benzene rings is 2. The van der Waals surface area contributed by atoms with Crippen molar-refractivity contribution >= 4 is 28.6 Å². The molecule has 0 unspecified atom stereocenters. The second-order valence-corrected chi connectivity index (χ2v) is 5.22. The predicted molar refractivity (Wildman–Crippen MR) is 87.7 cm³/mol. The molecule has 0 radical (unpaired) electrons. The van der Waals surface area contributed by atoms with E-state index in [1.807, 2.05) is 42.5 Å². The smallest absolute Gasteiger partial charge is 0.163 e. The predicted octanol–water partition coefficient (Wildman–Crippen LogP) is 3.23. The maximum atomic E-state index is 5.68. The molecule has 21 heavy (non-hydrogen) atoms. The van der Waals surface area contributed by atoms with Gasteiger partial charge in [-0.15, -0.1) is 0 Å². The summed E-state index contributed by atoms with van der Waals surface area (Å²) in [6.07, 6.45) is 0.901. The normalized spacial score (nSPS) is 13.3. The lowest BCUT2D eigenvalue weighted by molar-refractivity contribution is 0.297. The molecule has 0 aliphatic carbocycles. The fourth-order valence-electron chi connectivity index (χ4n) is 2.13. The monoisotopic (exact) mass is 300 g/mol. The van der Waals surface area contributed by atoms with E-state index in [9.17, 15) is 0 Å². The average Bonchev–Trinajstić information content (AvgIpc) is 2.72. The fraction of sp³-hybridized carbons (Fsp3) is 0.188. The van der Waals surface area contributed by atoms with Crippen LogP contribution in [0.5, 0.6) is 11.5 Å². The Balaban J connectivity index is 1.78. The molecule has 0 aromatic heterocycles. The highest BCUT2D eigenvalue weighted by Gasteiger charge is 2.10. The van der Waals surface area contributed by atoms with Crippen molar-refractivity contribution in [3.8, 4) is 11.5 Å². The summed E-state index contributed by atoms with van der Waals surface area (Å²) < 4.78 is 11.3. The van der Waals surface area contributed by atoms with E-state index in [2.05, 4.69) is 5.32 Å². The molecule has 2 aromatic carbocycles. The van der Waals surface area contributed by atoms with Gasteiger partial charge in [-0.3, -0.25) is 0 Å². The van der Waals surface area contributed by atoms with Crippen LogP contribution in [0.25, 0.3) is 0 Å². The summed E-state index contributed by atoms with van der Waals surface area (Å²) in [5.41, 5.74) is 8.35. The van der Waals surface area contributed by atoms with Crippen LogP contribution in [0.4, 0.5) is 11.4 Å². The molecular weight excluding hydrogens is 284 g/mol. The van der Waals surface area contributed by atoms with Crippen molar-refractivity contribution in [2.45, 2.75) is 6.42 Å². The topological polar surface area (TPSA) is 56.5 Å². The van der Waals surface area contributed by atoms with Crippen molar-refractivity contribution in [1.29, 1.82) is 0 Å². The van der Waals surface area contributed by atoms with Crippen molar-refractivity contribution in [3.63, 3.8) is 0 Å². The molecule has 2 aromatic rings. The van der Waals surface area contributed by atoms with Gasteiger partial charge in [-0.1, -0.05) is 12.2 Å². The van der Waals surface area contributed by atoms with Crippen LogP contribution in [0, 0.1) is 0 Å². The molecule has 0 bridgehead atoms. The Morgan fingerprint density at radius 2 is 1.62 bits per heavy atom. The number of ether oxygens (including phenoxy) is 2. The quantitative estimate of drug-likeness (QED) is 0.852. The van der Waals surface area contributed by atoms with Crippen molar-refractivity contribution in [2.75, 3.05) is 18.5 Å². The van der Waals surface area contributed by atoms with Crippen molar-refractivity contribution < 1.29 is 9.47 Å². The summed E-state index contributed by atoms with van der Waals surface area (Å²) in [7, 11) is 0. The second kappa shape index (κ2) is 6.01. The van der Waals surface area contributed by atoms with E-state index in [0.29, 0.717) is 18.2 Å². The lowest BCUT2D eigenvalue weighted by Gasteiger charge is -2.11.